The molecule has 1 aromatic rings. The number of nitrogens with one attached hydrogen (secondary N) is 1. The molecular weight excluding hydrogens is 374 g/mol. The van der Waals surface area contributed by atoms with Crippen molar-refractivity contribution in [3.8, 4) is 0 Å². The molecule has 2 saturated heterocycles. The Bertz CT molecular complexity index is 748. The summed E-state index contributed by atoms with van der Waals surface area (Å²) in [7, 11) is -3.50. The molecule has 2 aliphatic rings. The van der Waals surface area contributed by atoms with Crippen LogP contribution in [0.5, 0.6) is 0 Å². The Hall–Kier alpha value is -1.44. The van der Waals surface area contributed by atoms with Gasteiger partial charge in [-0.3, -0.25) is 4.79 Å². The molecule has 6 nitrogen and oxygen atoms in total. The third-order valence-electron chi connectivity index (χ3n) is 5.72. The summed E-state index contributed by atoms with van der Waals surface area (Å²) < 4.78 is 27.4. The van der Waals surface area contributed by atoms with Gasteiger partial charge in [0, 0.05) is 25.2 Å². The zero-order valence-electron chi connectivity index (χ0n) is 17.1. The Morgan fingerprint density at radius 1 is 1.07 bits per heavy atom. The van der Waals surface area contributed by atoms with Crippen LogP contribution in [0.1, 0.15) is 49.9 Å². The van der Waals surface area contributed by atoms with Gasteiger partial charge in [0.2, 0.25) is 10.0 Å². The number of hydrogen-bond acceptors (Lipinski definition) is 4. The van der Waals surface area contributed by atoms with Gasteiger partial charge in [-0.05, 0) is 81.4 Å². The number of amides is 1. The van der Waals surface area contributed by atoms with Crippen molar-refractivity contribution >= 4 is 15.9 Å². The first-order valence-corrected chi connectivity index (χ1v) is 11.9. The Morgan fingerprint density at radius 2 is 1.68 bits per heavy atom. The topological polar surface area (TPSA) is 69.7 Å². The summed E-state index contributed by atoms with van der Waals surface area (Å²) in [6.45, 7) is 9.29. The SMILES string of the molecule is C[C@@H]1C[C@@H](C)CN(S(=O)(=O)c2ccc(C(=O)NCCCN3CCCC3)cc2)C1. The minimum Gasteiger partial charge on any atom is -0.352 e. The molecular formula is C21H33N3O3S. The number of benzene rings is 1. The molecule has 0 radical (unpaired) electrons. The lowest BCUT2D eigenvalue weighted by atomic mass is 9.94. The minimum atomic E-state index is -3.50. The summed E-state index contributed by atoms with van der Waals surface area (Å²) in [4.78, 5) is 15.0. The molecule has 0 saturated carbocycles. The molecule has 2 aliphatic heterocycles. The summed E-state index contributed by atoms with van der Waals surface area (Å²) in [5.41, 5.74) is 0.500. The number of carbonyl (C=O) groups is 1. The summed E-state index contributed by atoms with van der Waals surface area (Å²) in [6, 6.07) is 6.33. The first kappa shape index (κ1) is 21.3. The van der Waals surface area contributed by atoms with Crippen LogP contribution >= 0.6 is 0 Å². The Labute approximate surface area is 169 Å². The molecule has 7 heteroatoms. The van der Waals surface area contributed by atoms with Crippen molar-refractivity contribution in [1.82, 2.24) is 14.5 Å². The number of rotatable bonds is 7. The van der Waals surface area contributed by atoms with Crippen molar-refractivity contribution in [2.45, 2.75) is 44.4 Å². The molecule has 156 valence electrons. The molecule has 0 unspecified atom stereocenters. The van der Waals surface area contributed by atoms with Crippen molar-refractivity contribution in [1.29, 1.82) is 0 Å². The average molecular weight is 408 g/mol. The fourth-order valence-electron chi connectivity index (χ4n) is 4.34. The second kappa shape index (κ2) is 9.37. The molecule has 0 aliphatic carbocycles. The number of likely N-dealkylation sites (tertiary alicyclic amines) is 1. The summed E-state index contributed by atoms with van der Waals surface area (Å²) >= 11 is 0. The number of carbonyl (C=O) groups excluding carboxylic acids is 1. The van der Waals surface area contributed by atoms with Crippen LogP contribution < -0.4 is 5.32 Å². The molecule has 1 aromatic carbocycles. The highest BCUT2D eigenvalue weighted by atomic mass is 32.2. The van der Waals surface area contributed by atoms with Crippen LogP contribution in [0.2, 0.25) is 0 Å². The van der Waals surface area contributed by atoms with E-state index in [2.05, 4.69) is 24.1 Å². The number of hydrogen-bond donors (Lipinski definition) is 1. The monoisotopic (exact) mass is 407 g/mol. The van der Waals surface area contributed by atoms with Gasteiger partial charge >= 0.3 is 0 Å². The van der Waals surface area contributed by atoms with Crippen molar-refractivity contribution in [2.24, 2.45) is 11.8 Å². The van der Waals surface area contributed by atoms with Gasteiger partial charge < -0.3 is 10.2 Å². The third kappa shape index (κ3) is 5.33. The van der Waals surface area contributed by atoms with Gasteiger partial charge in [0.1, 0.15) is 0 Å². The quantitative estimate of drug-likeness (QED) is 0.706. The predicted octanol–water partition coefficient (Wildman–Crippen LogP) is 2.57. The van der Waals surface area contributed by atoms with E-state index in [4.69, 9.17) is 0 Å². The van der Waals surface area contributed by atoms with E-state index in [9.17, 15) is 13.2 Å². The Balaban J connectivity index is 1.54. The Kier molecular flexibility index (Phi) is 7.12. The van der Waals surface area contributed by atoms with E-state index in [0.717, 1.165) is 19.4 Å². The van der Waals surface area contributed by atoms with E-state index in [1.807, 2.05) is 0 Å². The van der Waals surface area contributed by atoms with Gasteiger partial charge in [-0.2, -0.15) is 4.31 Å². The first-order chi connectivity index (χ1) is 13.4. The van der Waals surface area contributed by atoms with Crippen LogP contribution in [0.3, 0.4) is 0 Å². The van der Waals surface area contributed by atoms with E-state index in [-0.39, 0.29) is 10.8 Å². The molecule has 2 atom stereocenters. The highest BCUT2D eigenvalue weighted by molar-refractivity contribution is 7.89. The molecule has 2 fully saturated rings. The molecule has 2 heterocycles. The minimum absolute atomic E-state index is 0.148. The highest BCUT2D eigenvalue weighted by Crippen LogP contribution is 2.26. The van der Waals surface area contributed by atoms with Gasteiger partial charge in [-0.15, -0.1) is 0 Å². The zero-order chi connectivity index (χ0) is 20.1. The van der Waals surface area contributed by atoms with Crippen LogP contribution in [0.4, 0.5) is 0 Å². The maximum absolute atomic E-state index is 12.9. The largest absolute Gasteiger partial charge is 0.352 e. The van der Waals surface area contributed by atoms with Crippen LogP contribution in [-0.2, 0) is 10.0 Å². The summed E-state index contributed by atoms with van der Waals surface area (Å²) in [5.74, 6) is 0.582. The van der Waals surface area contributed by atoms with Crippen LogP contribution in [0, 0.1) is 11.8 Å². The zero-order valence-corrected chi connectivity index (χ0v) is 17.9. The van der Waals surface area contributed by atoms with Crippen LogP contribution in [0.15, 0.2) is 29.2 Å². The van der Waals surface area contributed by atoms with Crippen molar-refractivity contribution < 1.29 is 13.2 Å². The number of nitrogens with zero attached hydrogens (tertiary/aromatic N) is 2. The predicted molar refractivity (Wildman–Crippen MR) is 111 cm³/mol. The maximum atomic E-state index is 12.9. The molecule has 0 aromatic heterocycles. The molecule has 3 rings (SSSR count). The molecule has 0 bridgehead atoms. The summed E-state index contributed by atoms with van der Waals surface area (Å²) in [6.07, 6.45) is 4.54. The normalized spacial score (nSPS) is 24.4. The third-order valence-corrected chi connectivity index (χ3v) is 7.57. The fraction of sp³-hybridized carbons (Fsp3) is 0.667. The van der Waals surface area contributed by atoms with Crippen molar-refractivity contribution in [3.05, 3.63) is 29.8 Å². The first-order valence-electron chi connectivity index (χ1n) is 10.5. The summed E-state index contributed by atoms with van der Waals surface area (Å²) in [5, 5.41) is 2.93. The van der Waals surface area contributed by atoms with E-state index in [0.29, 0.717) is 37.0 Å². The average Bonchev–Trinajstić information content (AvgIpc) is 3.18. The standard InChI is InChI=1S/C21H33N3O3S/c1-17-14-18(2)16-24(15-17)28(26,27)20-8-6-19(7-9-20)21(25)22-10-5-13-23-11-3-4-12-23/h6-9,17-18H,3-5,10-16H2,1-2H3,(H,22,25)/t17-,18-/m1/s1. The number of sulfonamides is 1. The van der Waals surface area contributed by atoms with E-state index < -0.39 is 10.0 Å². The number of piperidine rings is 1. The smallest absolute Gasteiger partial charge is 0.251 e. The Morgan fingerprint density at radius 3 is 2.29 bits per heavy atom. The molecule has 1 amide bonds. The van der Waals surface area contributed by atoms with E-state index in [1.165, 1.54) is 25.9 Å². The van der Waals surface area contributed by atoms with Crippen molar-refractivity contribution in [2.75, 3.05) is 39.3 Å². The molecule has 0 spiro atoms. The maximum Gasteiger partial charge on any atom is 0.251 e. The lowest BCUT2D eigenvalue weighted by Gasteiger charge is -2.34. The second-order valence-corrected chi connectivity index (χ2v) is 10.4. The van der Waals surface area contributed by atoms with Crippen LogP contribution in [0.25, 0.3) is 0 Å². The van der Waals surface area contributed by atoms with Gasteiger partial charge in [0.25, 0.3) is 5.91 Å². The second-order valence-electron chi connectivity index (χ2n) is 8.45. The van der Waals surface area contributed by atoms with Gasteiger partial charge in [-0.25, -0.2) is 8.42 Å². The van der Waals surface area contributed by atoms with Crippen LogP contribution in [-0.4, -0.2) is 62.8 Å². The lowest BCUT2D eigenvalue weighted by molar-refractivity contribution is 0.0952. The van der Waals surface area contributed by atoms with E-state index >= 15 is 0 Å². The van der Waals surface area contributed by atoms with Gasteiger partial charge in [0.05, 0.1) is 4.90 Å². The van der Waals surface area contributed by atoms with E-state index in [1.54, 1.807) is 28.6 Å². The molecule has 1 N–H and O–H groups in total. The van der Waals surface area contributed by atoms with Gasteiger partial charge in [-0.1, -0.05) is 13.8 Å². The molecule has 28 heavy (non-hydrogen) atoms. The van der Waals surface area contributed by atoms with Crippen molar-refractivity contribution in [3.63, 3.8) is 0 Å². The highest BCUT2D eigenvalue weighted by Gasteiger charge is 2.31. The lowest BCUT2D eigenvalue weighted by Crippen LogP contribution is -2.42. The van der Waals surface area contributed by atoms with Gasteiger partial charge in [0.15, 0.2) is 0 Å². The fourth-order valence-corrected chi connectivity index (χ4v) is 6.02.